The number of piperidine rings is 1. The lowest BCUT2D eigenvalue weighted by molar-refractivity contribution is 0.0676. The van der Waals surface area contributed by atoms with Crippen molar-refractivity contribution in [3.8, 4) is 0 Å². The summed E-state index contributed by atoms with van der Waals surface area (Å²) >= 11 is 0. The highest BCUT2D eigenvalue weighted by Crippen LogP contribution is 2.20. The lowest BCUT2D eigenvalue weighted by atomic mass is 9.97. The third-order valence-corrected chi connectivity index (χ3v) is 4.95. The number of hydrogen-bond acceptors (Lipinski definition) is 4. The van der Waals surface area contributed by atoms with Gasteiger partial charge in [-0.15, -0.1) is 0 Å². The van der Waals surface area contributed by atoms with Gasteiger partial charge in [0, 0.05) is 19.6 Å². The topological polar surface area (TPSA) is 58.1 Å². The minimum Gasteiger partial charge on any atom is -0.368 e. The number of nitrogens with zero attached hydrogens (tertiary/aromatic N) is 3. The van der Waals surface area contributed by atoms with Crippen molar-refractivity contribution in [2.24, 2.45) is 5.92 Å². The first kappa shape index (κ1) is 16.9. The molecule has 1 N–H and O–H groups in total. The maximum atomic E-state index is 12.5. The summed E-state index contributed by atoms with van der Waals surface area (Å²) in [5.74, 6) is 1.33. The molecule has 24 heavy (non-hydrogen) atoms. The van der Waals surface area contributed by atoms with Gasteiger partial charge in [0.25, 0.3) is 5.91 Å². The van der Waals surface area contributed by atoms with Crippen LogP contribution in [0, 0.1) is 5.92 Å². The minimum absolute atomic E-state index is 0.00737. The third kappa shape index (κ3) is 4.56. The van der Waals surface area contributed by atoms with E-state index in [1.807, 2.05) is 4.90 Å². The maximum Gasteiger partial charge on any atom is 0.274 e. The number of rotatable bonds is 5. The van der Waals surface area contributed by atoms with E-state index in [2.05, 4.69) is 28.3 Å². The molecule has 1 aliphatic heterocycles. The molecular weight excluding hydrogens is 300 g/mol. The number of aromatic nitrogens is 2. The van der Waals surface area contributed by atoms with E-state index in [4.69, 9.17) is 0 Å². The number of anilines is 1. The van der Waals surface area contributed by atoms with Gasteiger partial charge in [-0.25, -0.2) is 9.97 Å². The summed E-state index contributed by atoms with van der Waals surface area (Å²) in [5.41, 5.74) is 2.00. The van der Waals surface area contributed by atoms with Gasteiger partial charge in [-0.05, 0) is 50.9 Å². The molecule has 3 rings (SSSR count). The Bertz CT molecular complexity index is 582. The van der Waals surface area contributed by atoms with Crippen LogP contribution >= 0.6 is 0 Å². The summed E-state index contributed by atoms with van der Waals surface area (Å²) in [7, 11) is 0. The van der Waals surface area contributed by atoms with Gasteiger partial charge >= 0.3 is 0 Å². The van der Waals surface area contributed by atoms with E-state index in [9.17, 15) is 4.79 Å². The molecule has 1 atom stereocenters. The Labute approximate surface area is 144 Å². The molecule has 1 amide bonds. The molecule has 5 nitrogen and oxygen atoms in total. The SMILES string of the molecule is CC1CCCN(C(=O)c2cnc(NCCC3=CCCCC3)cn2)C1. The van der Waals surface area contributed by atoms with Crippen molar-refractivity contribution >= 4 is 11.7 Å². The number of nitrogens with one attached hydrogen (secondary N) is 1. The van der Waals surface area contributed by atoms with Crippen molar-refractivity contribution in [3.63, 3.8) is 0 Å². The molecule has 0 radical (unpaired) electrons. The van der Waals surface area contributed by atoms with Crippen LogP contribution in [0.4, 0.5) is 5.82 Å². The number of likely N-dealkylation sites (tertiary alicyclic amines) is 1. The number of allylic oxidation sites excluding steroid dienone is 1. The van der Waals surface area contributed by atoms with E-state index in [1.54, 1.807) is 18.0 Å². The second kappa shape index (κ2) is 8.27. The fourth-order valence-corrected chi connectivity index (χ4v) is 3.55. The summed E-state index contributed by atoms with van der Waals surface area (Å²) in [6.07, 6.45) is 14.1. The summed E-state index contributed by atoms with van der Waals surface area (Å²) in [6, 6.07) is 0. The molecule has 1 aromatic rings. The lowest BCUT2D eigenvalue weighted by Gasteiger charge is -2.30. The Balaban J connectivity index is 1.49. The van der Waals surface area contributed by atoms with Crippen LogP contribution in [0.3, 0.4) is 0 Å². The van der Waals surface area contributed by atoms with E-state index >= 15 is 0 Å². The first-order valence-electron chi connectivity index (χ1n) is 9.25. The predicted octanol–water partition coefficient (Wildman–Crippen LogP) is 3.65. The summed E-state index contributed by atoms with van der Waals surface area (Å²) in [4.78, 5) is 23.0. The molecular formula is C19H28N4O. The third-order valence-electron chi connectivity index (χ3n) is 4.95. The number of amides is 1. The second-order valence-corrected chi connectivity index (χ2v) is 7.07. The van der Waals surface area contributed by atoms with Crippen LogP contribution in [0.15, 0.2) is 24.0 Å². The molecule has 0 spiro atoms. The second-order valence-electron chi connectivity index (χ2n) is 7.07. The van der Waals surface area contributed by atoms with Crippen LogP contribution in [0.1, 0.15) is 62.4 Å². The van der Waals surface area contributed by atoms with Crippen molar-refractivity contribution in [1.82, 2.24) is 14.9 Å². The molecule has 1 fully saturated rings. The Morgan fingerprint density at radius 1 is 1.29 bits per heavy atom. The van der Waals surface area contributed by atoms with Crippen molar-refractivity contribution in [1.29, 1.82) is 0 Å². The summed E-state index contributed by atoms with van der Waals surface area (Å²) in [6.45, 7) is 4.73. The van der Waals surface area contributed by atoms with Gasteiger partial charge in [0.05, 0.1) is 12.4 Å². The van der Waals surface area contributed by atoms with E-state index in [1.165, 1.54) is 32.1 Å². The van der Waals surface area contributed by atoms with Crippen LogP contribution < -0.4 is 5.32 Å². The van der Waals surface area contributed by atoms with Crippen LogP contribution in [-0.4, -0.2) is 40.4 Å². The van der Waals surface area contributed by atoms with Gasteiger partial charge in [-0.3, -0.25) is 4.79 Å². The average Bonchev–Trinajstić information content (AvgIpc) is 2.63. The standard InChI is InChI=1S/C19H28N4O/c1-15-6-5-11-23(14-15)19(24)17-12-22-18(13-21-17)20-10-9-16-7-3-2-4-8-16/h7,12-13,15H,2-6,8-11,14H2,1H3,(H,20,22). The Kier molecular flexibility index (Phi) is 5.83. The smallest absolute Gasteiger partial charge is 0.274 e. The first-order valence-corrected chi connectivity index (χ1v) is 9.25. The predicted molar refractivity (Wildman–Crippen MR) is 96.0 cm³/mol. The highest BCUT2D eigenvalue weighted by molar-refractivity contribution is 5.92. The molecule has 1 saturated heterocycles. The summed E-state index contributed by atoms with van der Waals surface area (Å²) in [5, 5.41) is 3.31. The monoisotopic (exact) mass is 328 g/mol. The fraction of sp³-hybridized carbons (Fsp3) is 0.632. The Hall–Kier alpha value is -1.91. The fourth-order valence-electron chi connectivity index (χ4n) is 3.55. The van der Waals surface area contributed by atoms with Gasteiger partial charge in [0.15, 0.2) is 0 Å². The molecule has 1 aromatic heterocycles. The molecule has 2 heterocycles. The van der Waals surface area contributed by atoms with Gasteiger partial charge in [-0.1, -0.05) is 18.6 Å². The zero-order valence-corrected chi connectivity index (χ0v) is 14.6. The van der Waals surface area contributed by atoms with E-state index < -0.39 is 0 Å². The maximum absolute atomic E-state index is 12.5. The van der Waals surface area contributed by atoms with E-state index in [-0.39, 0.29) is 5.91 Å². The van der Waals surface area contributed by atoms with Gasteiger partial charge in [0.1, 0.15) is 11.5 Å². The van der Waals surface area contributed by atoms with Gasteiger partial charge < -0.3 is 10.2 Å². The van der Waals surface area contributed by atoms with Crippen LogP contribution in [0.2, 0.25) is 0 Å². The van der Waals surface area contributed by atoms with E-state index in [0.717, 1.165) is 38.3 Å². The van der Waals surface area contributed by atoms with Gasteiger partial charge in [-0.2, -0.15) is 0 Å². The summed E-state index contributed by atoms with van der Waals surface area (Å²) < 4.78 is 0. The van der Waals surface area contributed by atoms with Crippen LogP contribution in [0.5, 0.6) is 0 Å². The molecule has 0 aromatic carbocycles. The average molecular weight is 328 g/mol. The zero-order chi connectivity index (χ0) is 16.8. The highest BCUT2D eigenvalue weighted by Gasteiger charge is 2.23. The zero-order valence-electron chi connectivity index (χ0n) is 14.6. The van der Waals surface area contributed by atoms with E-state index in [0.29, 0.717) is 11.6 Å². The Morgan fingerprint density at radius 3 is 2.92 bits per heavy atom. The minimum atomic E-state index is 0.00737. The van der Waals surface area contributed by atoms with Crippen molar-refractivity contribution < 1.29 is 4.79 Å². The van der Waals surface area contributed by atoms with Gasteiger partial charge in [0.2, 0.25) is 0 Å². The molecule has 130 valence electrons. The lowest BCUT2D eigenvalue weighted by Crippen LogP contribution is -2.39. The van der Waals surface area contributed by atoms with Crippen LogP contribution in [-0.2, 0) is 0 Å². The Morgan fingerprint density at radius 2 is 2.21 bits per heavy atom. The molecule has 1 unspecified atom stereocenters. The first-order chi connectivity index (χ1) is 11.7. The highest BCUT2D eigenvalue weighted by atomic mass is 16.2. The molecule has 2 aliphatic rings. The van der Waals surface area contributed by atoms with Crippen molar-refractivity contribution in [3.05, 3.63) is 29.7 Å². The number of carbonyl (C=O) groups excluding carboxylic acids is 1. The van der Waals surface area contributed by atoms with Crippen molar-refractivity contribution in [2.45, 2.75) is 51.9 Å². The van der Waals surface area contributed by atoms with Crippen molar-refractivity contribution in [2.75, 3.05) is 25.0 Å². The molecule has 1 aliphatic carbocycles. The molecule has 5 heteroatoms. The molecule has 0 saturated carbocycles. The largest absolute Gasteiger partial charge is 0.368 e. The number of hydrogen-bond donors (Lipinski definition) is 1. The number of carbonyl (C=O) groups is 1. The quantitative estimate of drug-likeness (QED) is 0.838. The molecule has 0 bridgehead atoms. The normalized spacial score (nSPS) is 21.3. The van der Waals surface area contributed by atoms with Crippen LogP contribution in [0.25, 0.3) is 0 Å².